The minimum atomic E-state index is 0.121. The molecule has 0 aromatic heterocycles. The predicted molar refractivity (Wildman–Crippen MR) is 86.1 cm³/mol. The summed E-state index contributed by atoms with van der Waals surface area (Å²) in [6.07, 6.45) is 2.16. The number of nitrogens with zero attached hydrogens (tertiary/aromatic N) is 2. The van der Waals surface area contributed by atoms with Crippen LogP contribution in [0, 0.1) is 0 Å². The fraction of sp³-hybridized carbons (Fsp3) is 0.625. The summed E-state index contributed by atoms with van der Waals surface area (Å²) in [6, 6.07) is 9.07. The summed E-state index contributed by atoms with van der Waals surface area (Å²) in [7, 11) is 4.30. The van der Waals surface area contributed by atoms with Crippen molar-refractivity contribution >= 4 is 11.6 Å². The molecule has 0 amide bonds. The molecule has 1 aromatic rings. The van der Waals surface area contributed by atoms with Crippen molar-refractivity contribution in [1.82, 2.24) is 9.80 Å². The first-order valence-corrected chi connectivity index (χ1v) is 7.82. The molecular formula is C16H26ClN3. The van der Waals surface area contributed by atoms with E-state index in [0.717, 1.165) is 24.5 Å². The van der Waals surface area contributed by atoms with Crippen molar-refractivity contribution in [2.75, 3.05) is 27.2 Å². The number of halogens is 1. The maximum atomic E-state index is 6.41. The van der Waals surface area contributed by atoms with E-state index in [0.29, 0.717) is 6.04 Å². The van der Waals surface area contributed by atoms with Gasteiger partial charge in [0.05, 0.1) is 6.04 Å². The first kappa shape index (κ1) is 15.8. The summed E-state index contributed by atoms with van der Waals surface area (Å²) in [6.45, 7) is 4.30. The lowest BCUT2D eigenvalue weighted by Gasteiger charge is -2.33. The second-order valence-corrected chi connectivity index (χ2v) is 6.35. The van der Waals surface area contributed by atoms with Crippen LogP contribution in [0.15, 0.2) is 24.3 Å². The number of nitrogens with two attached hydrogens (primary N) is 1. The molecule has 4 heteroatoms. The van der Waals surface area contributed by atoms with Crippen LogP contribution in [-0.4, -0.2) is 49.1 Å². The molecule has 0 spiro atoms. The molecule has 112 valence electrons. The van der Waals surface area contributed by atoms with Gasteiger partial charge in [0.1, 0.15) is 0 Å². The Morgan fingerprint density at radius 2 is 2.10 bits per heavy atom. The number of likely N-dealkylation sites (tertiary alicyclic amines) is 1. The number of rotatable bonds is 5. The molecule has 0 bridgehead atoms. The number of hydrogen-bond donors (Lipinski definition) is 1. The molecule has 3 atom stereocenters. The molecule has 2 N–H and O–H groups in total. The van der Waals surface area contributed by atoms with Crippen LogP contribution in [0.1, 0.15) is 31.4 Å². The van der Waals surface area contributed by atoms with Gasteiger partial charge in [-0.25, -0.2) is 0 Å². The molecular weight excluding hydrogens is 270 g/mol. The van der Waals surface area contributed by atoms with Gasteiger partial charge in [-0.1, -0.05) is 36.7 Å². The molecule has 1 fully saturated rings. The second-order valence-electron chi connectivity index (χ2n) is 5.94. The zero-order valence-corrected chi connectivity index (χ0v) is 13.5. The van der Waals surface area contributed by atoms with Crippen molar-refractivity contribution < 1.29 is 0 Å². The first-order chi connectivity index (χ1) is 9.54. The van der Waals surface area contributed by atoms with Gasteiger partial charge in [0.2, 0.25) is 0 Å². The van der Waals surface area contributed by atoms with Crippen LogP contribution in [0.4, 0.5) is 0 Å². The molecule has 2 rings (SSSR count). The van der Waals surface area contributed by atoms with Crippen LogP contribution in [0.2, 0.25) is 5.02 Å². The van der Waals surface area contributed by atoms with Gasteiger partial charge < -0.3 is 10.6 Å². The summed E-state index contributed by atoms with van der Waals surface area (Å²) in [5.74, 6) is 0. The van der Waals surface area contributed by atoms with E-state index >= 15 is 0 Å². The van der Waals surface area contributed by atoms with E-state index < -0.39 is 0 Å². The normalized spacial score (nSPS) is 23.2. The van der Waals surface area contributed by atoms with Crippen molar-refractivity contribution in [3.05, 3.63) is 34.9 Å². The number of benzene rings is 1. The van der Waals surface area contributed by atoms with E-state index in [2.05, 4.69) is 43.0 Å². The van der Waals surface area contributed by atoms with Gasteiger partial charge >= 0.3 is 0 Å². The molecule has 1 aromatic carbocycles. The molecule has 0 radical (unpaired) electrons. The van der Waals surface area contributed by atoms with Crippen LogP contribution in [0.25, 0.3) is 0 Å². The topological polar surface area (TPSA) is 32.5 Å². The monoisotopic (exact) mass is 295 g/mol. The Labute approximate surface area is 127 Å². The van der Waals surface area contributed by atoms with E-state index in [1.165, 1.54) is 12.0 Å². The fourth-order valence-electron chi connectivity index (χ4n) is 3.08. The van der Waals surface area contributed by atoms with Crippen molar-refractivity contribution in [2.45, 2.75) is 37.9 Å². The van der Waals surface area contributed by atoms with E-state index in [-0.39, 0.29) is 12.1 Å². The van der Waals surface area contributed by atoms with Gasteiger partial charge in [0.25, 0.3) is 0 Å². The van der Waals surface area contributed by atoms with E-state index in [1.807, 2.05) is 12.1 Å². The fourth-order valence-corrected chi connectivity index (χ4v) is 3.33. The Morgan fingerprint density at radius 3 is 2.65 bits per heavy atom. The standard InChI is InChI=1S/C16H26ClN3/c1-4-15(18)16(13-7-5-6-8-14(13)17)20-10-9-12(11-20)19(2)3/h5-8,12,15-16H,4,9-11,18H2,1-3H3. The van der Waals surface area contributed by atoms with Gasteiger partial charge in [-0.05, 0) is 38.6 Å². The number of likely N-dealkylation sites (N-methyl/N-ethyl adjacent to an activating group) is 1. The van der Waals surface area contributed by atoms with E-state index in [9.17, 15) is 0 Å². The molecule has 1 aliphatic rings. The zero-order chi connectivity index (χ0) is 14.7. The Kier molecular flexibility index (Phi) is 5.44. The van der Waals surface area contributed by atoms with Gasteiger partial charge in [0.15, 0.2) is 0 Å². The average molecular weight is 296 g/mol. The lowest BCUT2D eigenvalue weighted by atomic mass is 9.96. The van der Waals surface area contributed by atoms with E-state index in [4.69, 9.17) is 17.3 Å². The van der Waals surface area contributed by atoms with Gasteiger partial charge in [-0.3, -0.25) is 4.90 Å². The largest absolute Gasteiger partial charge is 0.326 e. The van der Waals surface area contributed by atoms with Crippen LogP contribution in [0.3, 0.4) is 0 Å². The molecule has 0 saturated carbocycles. The zero-order valence-electron chi connectivity index (χ0n) is 12.7. The number of hydrogen-bond acceptors (Lipinski definition) is 3. The summed E-state index contributed by atoms with van der Waals surface area (Å²) in [5.41, 5.74) is 7.57. The minimum absolute atomic E-state index is 0.121. The third-order valence-corrected chi connectivity index (χ3v) is 4.76. The first-order valence-electron chi connectivity index (χ1n) is 7.45. The SMILES string of the molecule is CCC(N)C(c1ccccc1Cl)N1CCC(N(C)C)C1. The Morgan fingerprint density at radius 1 is 1.40 bits per heavy atom. The minimum Gasteiger partial charge on any atom is -0.326 e. The maximum absolute atomic E-state index is 6.41. The van der Waals surface area contributed by atoms with Crippen molar-refractivity contribution in [2.24, 2.45) is 5.73 Å². The predicted octanol–water partition coefficient (Wildman–Crippen LogP) is 2.75. The Bertz CT molecular complexity index is 435. The second kappa shape index (κ2) is 6.90. The molecule has 0 aliphatic carbocycles. The Hall–Kier alpha value is -0.610. The Balaban J connectivity index is 2.24. The van der Waals surface area contributed by atoms with Crippen LogP contribution >= 0.6 is 11.6 Å². The maximum Gasteiger partial charge on any atom is 0.0514 e. The highest BCUT2D eigenvalue weighted by atomic mass is 35.5. The van der Waals surface area contributed by atoms with Crippen LogP contribution in [-0.2, 0) is 0 Å². The van der Waals surface area contributed by atoms with Gasteiger partial charge in [0, 0.05) is 30.2 Å². The highest BCUT2D eigenvalue weighted by Crippen LogP contribution is 2.33. The summed E-state index contributed by atoms with van der Waals surface area (Å²) >= 11 is 6.40. The summed E-state index contributed by atoms with van der Waals surface area (Å²) in [5, 5.41) is 0.828. The highest BCUT2D eigenvalue weighted by molar-refractivity contribution is 6.31. The highest BCUT2D eigenvalue weighted by Gasteiger charge is 2.33. The van der Waals surface area contributed by atoms with Gasteiger partial charge in [-0.2, -0.15) is 0 Å². The van der Waals surface area contributed by atoms with Crippen molar-refractivity contribution in [3.8, 4) is 0 Å². The lowest BCUT2D eigenvalue weighted by Crippen LogP contribution is -2.41. The molecule has 3 nitrogen and oxygen atoms in total. The van der Waals surface area contributed by atoms with Crippen molar-refractivity contribution in [3.63, 3.8) is 0 Å². The third kappa shape index (κ3) is 3.34. The lowest BCUT2D eigenvalue weighted by molar-refractivity contribution is 0.190. The summed E-state index contributed by atoms with van der Waals surface area (Å²) in [4.78, 5) is 4.81. The molecule has 1 aliphatic heterocycles. The molecule has 1 saturated heterocycles. The summed E-state index contributed by atoms with van der Waals surface area (Å²) < 4.78 is 0. The molecule has 20 heavy (non-hydrogen) atoms. The smallest absolute Gasteiger partial charge is 0.0514 e. The third-order valence-electron chi connectivity index (χ3n) is 4.42. The van der Waals surface area contributed by atoms with Crippen LogP contribution < -0.4 is 5.73 Å². The molecule has 3 unspecified atom stereocenters. The van der Waals surface area contributed by atoms with Gasteiger partial charge in [-0.15, -0.1) is 0 Å². The quantitative estimate of drug-likeness (QED) is 0.906. The molecule has 1 heterocycles. The van der Waals surface area contributed by atoms with Crippen LogP contribution in [0.5, 0.6) is 0 Å². The average Bonchev–Trinajstić information content (AvgIpc) is 2.90. The van der Waals surface area contributed by atoms with E-state index in [1.54, 1.807) is 0 Å². The van der Waals surface area contributed by atoms with Crippen molar-refractivity contribution in [1.29, 1.82) is 0 Å².